The van der Waals surface area contributed by atoms with Crippen LogP contribution >= 0.6 is 28.1 Å². The van der Waals surface area contributed by atoms with E-state index < -0.39 is 23.6 Å². The zero-order valence-electron chi connectivity index (χ0n) is 16.2. The fourth-order valence-corrected chi connectivity index (χ4v) is 3.50. The van der Waals surface area contributed by atoms with E-state index in [1.54, 1.807) is 25.1 Å². The molecule has 1 aliphatic rings. The van der Waals surface area contributed by atoms with Gasteiger partial charge in [0, 0.05) is 0 Å². The average molecular weight is 507 g/mol. The van der Waals surface area contributed by atoms with Gasteiger partial charge in [0.15, 0.2) is 11.7 Å². The molecule has 7 nitrogen and oxygen atoms in total. The average Bonchev–Trinajstić information content (AvgIpc) is 2.72. The minimum atomic E-state index is -0.646. The Balaban J connectivity index is 1.84. The van der Waals surface area contributed by atoms with Crippen LogP contribution in [0.1, 0.15) is 12.5 Å². The van der Waals surface area contributed by atoms with Crippen molar-refractivity contribution in [2.75, 3.05) is 18.1 Å². The number of rotatable bonds is 6. The number of amides is 2. The van der Waals surface area contributed by atoms with Crippen molar-refractivity contribution in [2.45, 2.75) is 6.92 Å². The first-order valence-electron chi connectivity index (χ1n) is 9.05. The Morgan fingerprint density at radius 2 is 1.94 bits per heavy atom. The standard InChI is InChI=1S/C21H16BrFN2O5S/c1-2-29-18(26)11-30-17-8-3-12(10-16(17)22)9-15-19(27)24-21(31)25(20(15)28)14-6-4-13(23)5-7-14/h3-10H,2,11H2,1H3,(H,24,27,31). The summed E-state index contributed by atoms with van der Waals surface area (Å²) in [6.07, 6.45) is 1.40. The molecule has 1 heterocycles. The highest BCUT2D eigenvalue weighted by atomic mass is 79.9. The highest BCUT2D eigenvalue weighted by Crippen LogP contribution is 2.28. The monoisotopic (exact) mass is 506 g/mol. The van der Waals surface area contributed by atoms with Gasteiger partial charge < -0.3 is 9.47 Å². The van der Waals surface area contributed by atoms with Gasteiger partial charge >= 0.3 is 5.97 Å². The van der Waals surface area contributed by atoms with Gasteiger partial charge in [-0.25, -0.2) is 9.18 Å². The second kappa shape index (κ2) is 9.80. The van der Waals surface area contributed by atoms with E-state index in [2.05, 4.69) is 21.2 Å². The van der Waals surface area contributed by atoms with Gasteiger partial charge in [0.1, 0.15) is 17.1 Å². The number of carbonyl (C=O) groups excluding carboxylic acids is 3. The van der Waals surface area contributed by atoms with Gasteiger partial charge in [0.25, 0.3) is 11.8 Å². The first-order chi connectivity index (χ1) is 14.8. The Hall–Kier alpha value is -3.11. The predicted octanol–water partition coefficient (Wildman–Crippen LogP) is 3.36. The molecule has 31 heavy (non-hydrogen) atoms. The maximum absolute atomic E-state index is 13.2. The van der Waals surface area contributed by atoms with Crippen LogP contribution in [0, 0.1) is 5.82 Å². The maximum atomic E-state index is 13.2. The first kappa shape index (κ1) is 22.6. The number of carbonyl (C=O) groups is 3. The molecule has 1 aliphatic heterocycles. The molecule has 0 unspecified atom stereocenters. The third-order valence-electron chi connectivity index (χ3n) is 4.10. The van der Waals surface area contributed by atoms with E-state index in [0.29, 0.717) is 21.5 Å². The van der Waals surface area contributed by atoms with Crippen LogP contribution < -0.4 is 15.0 Å². The van der Waals surface area contributed by atoms with Crippen LogP contribution in [-0.4, -0.2) is 36.1 Å². The highest BCUT2D eigenvalue weighted by molar-refractivity contribution is 9.10. The van der Waals surface area contributed by atoms with Gasteiger partial charge in [0.2, 0.25) is 0 Å². The summed E-state index contributed by atoms with van der Waals surface area (Å²) in [5, 5.41) is 2.37. The van der Waals surface area contributed by atoms with Gasteiger partial charge in [-0.3, -0.25) is 19.8 Å². The van der Waals surface area contributed by atoms with Gasteiger partial charge in [0.05, 0.1) is 16.8 Å². The van der Waals surface area contributed by atoms with Crippen LogP contribution in [0.4, 0.5) is 10.1 Å². The maximum Gasteiger partial charge on any atom is 0.344 e. The summed E-state index contributed by atoms with van der Waals surface area (Å²) in [6.45, 7) is 1.70. The molecule has 2 amide bonds. The van der Waals surface area contributed by atoms with Gasteiger partial charge in [-0.15, -0.1) is 0 Å². The van der Waals surface area contributed by atoms with E-state index >= 15 is 0 Å². The zero-order valence-corrected chi connectivity index (χ0v) is 18.6. The van der Waals surface area contributed by atoms with Crippen LogP contribution in [-0.2, 0) is 19.1 Å². The number of esters is 1. The molecular weight excluding hydrogens is 491 g/mol. The fraction of sp³-hybridized carbons (Fsp3) is 0.143. The van der Waals surface area contributed by atoms with Crippen molar-refractivity contribution in [3.63, 3.8) is 0 Å². The Labute approximate surface area is 190 Å². The van der Waals surface area contributed by atoms with Crippen molar-refractivity contribution in [3.8, 4) is 5.75 Å². The summed E-state index contributed by atoms with van der Waals surface area (Å²) >= 11 is 8.45. The summed E-state index contributed by atoms with van der Waals surface area (Å²) < 4.78 is 23.9. The lowest BCUT2D eigenvalue weighted by Crippen LogP contribution is -2.54. The van der Waals surface area contributed by atoms with Crippen LogP contribution in [0.15, 0.2) is 52.5 Å². The SMILES string of the molecule is CCOC(=O)COc1ccc(C=C2C(=O)NC(=S)N(c3ccc(F)cc3)C2=O)cc1Br. The fourth-order valence-electron chi connectivity index (χ4n) is 2.71. The van der Waals surface area contributed by atoms with Crippen LogP contribution in [0.3, 0.4) is 0 Å². The lowest BCUT2D eigenvalue weighted by Gasteiger charge is -2.28. The van der Waals surface area contributed by atoms with Crippen LogP contribution in [0.25, 0.3) is 6.08 Å². The molecule has 0 saturated carbocycles. The van der Waals surface area contributed by atoms with Gasteiger partial charge in [-0.2, -0.15) is 0 Å². The van der Waals surface area contributed by atoms with Crippen molar-refractivity contribution in [1.29, 1.82) is 0 Å². The normalized spacial score (nSPS) is 15.1. The second-order valence-electron chi connectivity index (χ2n) is 6.22. The third-order valence-corrected chi connectivity index (χ3v) is 5.01. The quantitative estimate of drug-likeness (QED) is 0.280. The molecule has 0 radical (unpaired) electrons. The number of anilines is 1. The number of nitrogens with one attached hydrogen (secondary N) is 1. The van der Waals surface area contributed by atoms with E-state index in [9.17, 15) is 18.8 Å². The molecule has 1 N–H and O–H groups in total. The van der Waals surface area contributed by atoms with Crippen molar-refractivity contribution in [2.24, 2.45) is 0 Å². The number of nitrogens with zero attached hydrogens (tertiary/aromatic N) is 1. The van der Waals surface area contributed by atoms with E-state index in [1.807, 2.05) is 0 Å². The molecule has 0 bridgehead atoms. The second-order valence-corrected chi connectivity index (χ2v) is 7.46. The highest BCUT2D eigenvalue weighted by Gasteiger charge is 2.34. The summed E-state index contributed by atoms with van der Waals surface area (Å²) in [5.41, 5.74) is 0.706. The summed E-state index contributed by atoms with van der Waals surface area (Å²) in [7, 11) is 0. The van der Waals surface area contributed by atoms with Gasteiger partial charge in [-0.1, -0.05) is 6.07 Å². The molecule has 2 aromatic carbocycles. The van der Waals surface area contributed by atoms with E-state index in [1.165, 1.54) is 30.3 Å². The molecule has 3 rings (SSSR count). The summed E-state index contributed by atoms with van der Waals surface area (Å²) in [5.74, 6) is -1.86. The van der Waals surface area contributed by atoms with E-state index in [-0.39, 0.29) is 23.9 Å². The molecule has 160 valence electrons. The Morgan fingerprint density at radius 3 is 2.58 bits per heavy atom. The summed E-state index contributed by atoms with van der Waals surface area (Å²) in [4.78, 5) is 37.9. The topological polar surface area (TPSA) is 84.9 Å². The van der Waals surface area contributed by atoms with Crippen LogP contribution in [0.5, 0.6) is 5.75 Å². The molecule has 0 atom stereocenters. The number of hydrogen-bond donors (Lipinski definition) is 1. The van der Waals surface area contributed by atoms with Crippen molar-refractivity contribution in [3.05, 3.63) is 63.9 Å². The number of benzene rings is 2. The molecule has 0 aromatic heterocycles. The predicted molar refractivity (Wildman–Crippen MR) is 119 cm³/mol. The number of hydrogen-bond acceptors (Lipinski definition) is 6. The Kier molecular flexibility index (Phi) is 7.13. The minimum absolute atomic E-state index is 0.0948. The van der Waals surface area contributed by atoms with Crippen molar-refractivity contribution >= 4 is 62.8 Å². The zero-order chi connectivity index (χ0) is 22.5. The summed E-state index contributed by atoms with van der Waals surface area (Å²) in [6, 6.07) is 10.00. The minimum Gasteiger partial charge on any atom is -0.481 e. The largest absolute Gasteiger partial charge is 0.481 e. The number of halogens is 2. The molecule has 2 aromatic rings. The van der Waals surface area contributed by atoms with E-state index in [0.717, 1.165) is 4.90 Å². The first-order valence-corrected chi connectivity index (χ1v) is 10.2. The molecule has 0 aliphatic carbocycles. The van der Waals surface area contributed by atoms with Crippen molar-refractivity contribution < 1.29 is 28.2 Å². The van der Waals surface area contributed by atoms with Crippen molar-refractivity contribution in [1.82, 2.24) is 5.32 Å². The van der Waals surface area contributed by atoms with Crippen LogP contribution in [0.2, 0.25) is 0 Å². The van der Waals surface area contributed by atoms with Gasteiger partial charge in [-0.05, 0) is 83.1 Å². The molecular formula is C21H16BrFN2O5S. The molecule has 10 heteroatoms. The lowest BCUT2D eigenvalue weighted by molar-refractivity contribution is -0.145. The molecule has 0 spiro atoms. The van der Waals surface area contributed by atoms with E-state index in [4.69, 9.17) is 21.7 Å². The number of ether oxygens (including phenoxy) is 2. The molecule has 1 fully saturated rings. The lowest BCUT2D eigenvalue weighted by atomic mass is 10.1. The molecule has 1 saturated heterocycles. The Morgan fingerprint density at radius 1 is 1.23 bits per heavy atom. The Bertz CT molecular complexity index is 1090. The third kappa shape index (κ3) is 5.33. The number of thiocarbonyl (C=S) groups is 1. The smallest absolute Gasteiger partial charge is 0.344 e.